The maximum absolute atomic E-state index is 10.9. The first-order valence-corrected chi connectivity index (χ1v) is 12.2. The number of nitrogens with zero attached hydrogens (tertiary/aromatic N) is 4. The van der Waals surface area contributed by atoms with Crippen LogP contribution < -0.4 is 10.5 Å². The molecule has 9 nitrogen and oxygen atoms in total. The van der Waals surface area contributed by atoms with E-state index in [0.717, 1.165) is 18.4 Å². The van der Waals surface area contributed by atoms with Gasteiger partial charge in [0.25, 0.3) is 5.89 Å². The summed E-state index contributed by atoms with van der Waals surface area (Å²) in [4.78, 5) is 17.2. The molecule has 0 radical (unpaired) electrons. The number of hydrogen-bond donors (Lipinski definition) is 1. The lowest BCUT2D eigenvalue weighted by Gasteiger charge is -2.26. The Morgan fingerprint density at radius 2 is 2.03 bits per heavy atom. The van der Waals surface area contributed by atoms with Crippen molar-refractivity contribution in [2.24, 2.45) is 5.73 Å². The lowest BCUT2D eigenvalue weighted by molar-refractivity contribution is -0.133. The van der Waals surface area contributed by atoms with Gasteiger partial charge in [-0.15, -0.1) is 0 Å². The van der Waals surface area contributed by atoms with Crippen molar-refractivity contribution in [3.63, 3.8) is 0 Å². The summed E-state index contributed by atoms with van der Waals surface area (Å²) in [6.45, 7) is 6.64. The first kappa shape index (κ1) is 25.4. The molecular formula is C27H31N5O4. The van der Waals surface area contributed by atoms with E-state index in [0.29, 0.717) is 54.9 Å². The Hall–Kier alpha value is -3.74. The molecule has 1 amide bonds. The van der Waals surface area contributed by atoms with Crippen LogP contribution in [0.5, 0.6) is 5.75 Å². The van der Waals surface area contributed by atoms with E-state index in [-0.39, 0.29) is 18.6 Å². The number of aryl methyl sites for hydroxylation is 1. The molecule has 1 aliphatic carbocycles. The quantitative estimate of drug-likeness (QED) is 0.578. The van der Waals surface area contributed by atoms with Gasteiger partial charge in [0.15, 0.2) is 0 Å². The normalized spacial score (nSPS) is 14.6. The minimum atomic E-state index is 0.00290. The molecule has 2 aromatic carbocycles. The SMILES string of the molecule is CC(C)Oc1ccc(-c2nc(-c3cccc4c3CCC4)no2)cc1C#N.NCC(=O)N1CCOCC1. The van der Waals surface area contributed by atoms with Crippen molar-refractivity contribution in [3.05, 3.63) is 53.1 Å². The number of rotatable bonds is 5. The van der Waals surface area contributed by atoms with Crippen LogP contribution in [0.25, 0.3) is 22.8 Å². The number of nitriles is 1. The van der Waals surface area contributed by atoms with Gasteiger partial charge in [-0.2, -0.15) is 10.2 Å². The summed E-state index contributed by atoms with van der Waals surface area (Å²) in [6.07, 6.45) is 3.33. The number of amides is 1. The van der Waals surface area contributed by atoms with Crippen LogP contribution in [-0.2, 0) is 22.4 Å². The highest BCUT2D eigenvalue weighted by molar-refractivity contribution is 5.78. The Bertz CT molecular complexity index is 1240. The molecular weight excluding hydrogens is 458 g/mol. The summed E-state index contributed by atoms with van der Waals surface area (Å²) in [5.74, 6) is 1.58. The summed E-state index contributed by atoms with van der Waals surface area (Å²) in [6, 6.07) is 13.8. The fraction of sp³-hybridized carbons (Fsp3) is 0.407. The van der Waals surface area contributed by atoms with E-state index in [4.69, 9.17) is 19.7 Å². The average molecular weight is 490 g/mol. The Morgan fingerprint density at radius 3 is 2.75 bits per heavy atom. The number of morpholine rings is 1. The van der Waals surface area contributed by atoms with Crippen LogP contribution in [-0.4, -0.2) is 59.9 Å². The van der Waals surface area contributed by atoms with Crippen LogP contribution in [0, 0.1) is 11.3 Å². The van der Waals surface area contributed by atoms with E-state index in [1.165, 1.54) is 17.5 Å². The zero-order valence-electron chi connectivity index (χ0n) is 20.7. The number of ether oxygens (including phenoxy) is 2. The van der Waals surface area contributed by atoms with Gasteiger partial charge in [-0.25, -0.2) is 0 Å². The van der Waals surface area contributed by atoms with Crippen molar-refractivity contribution >= 4 is 5.91 Å². The molecule has 0 saturated carbocycles. The number of benzene rings is 2. The monoisotopic (exact) mass is 489 g/mol. The van der Waals surface area contributed by atoms with Gasteiger partial charge < -0.3 is 24.6 Å². The summed E-state index contributed by atoms with van der Waals surface area (Å²) in [7, 11) is 0. The third kappa shape index (κ3) is 5.90. The summed E-state index contributed by atoms with van der Waals surface area (Å²) < 4.78 is 16.2. The predicted molar refractivity (Wildman–Crippen MR) is 134 cm³/mol. The second-order valence-electron chi connectivity index (χ2n) is 8.91. The standard InChI is InChI=1S/C21H19N3O2.C6H12N2O2/c1-13(2)25-19-10-9-15(11-16(19)12-22)21-23-20(24-26-21)18-8-4-6-14-5-3-7-17(14)18;7-5-6(9)8-1-3-10-4-2-8/h4,6,8-11,13H,3,5,7H2,1-2H3;1-5,7H2. The fourth-order valence-electron chi connectivity index (χ4n) is 4.33. The van der Waals surface area contributed by atoms with Gasteiger partial charge in [-0.1, -0.05) is 23.4 Å². The summed E-state index contributed by atoms with van der Waals surface area (Å²) in [5, 5.41) is 13.6. The van der Waals surface area contributed by atoms with Crippen molar-refractivity contribution in [1.82, 2.24) is 15.0 Å². The molecule has 1 aliphatic heterocycles. The van der Waals surface area contributed by atoms with Gasteiger partial charge in [0.05, 0.1) is 31.4 Å². The van der Waals surface area contributed by atoms with Crippen LogP contribution in [0.2, 0.25) is 0 Å². The van der Waals surface area contributed by atoms with Crippen LogP contribution in [0.1, 0.15) is 37.0 Å². The Kier molecular flexibility index (Phi) is 8.31. The number of nitrogens with two attached hydrogens (primary N) is 1. The largest absolute Gasteiger partial charge is 0.490 e. The molecule has 0 atom stereocenters. The third-order valence-corrected chi connectivity index (χ3v) is 6.06. The molecule has 2 aliphatic rings. The van der Waals surface area contributed by atoms with Crippen molar-refractivity contribution in [3.8, 4) is 34.7 Å². The molecule has 0 unspecified atom stereocenters. The summed E-state index contributed by atoms with van der Waals surface area (Å²) in [5.41, 5.74) is 10.1. The molecule has 3 aromatic rings. The summed E-state index contributed by atoms with van der Waals surface area (Å²) >= 11 is 0. The lowest BCUT2D eigenvalue weighted by Crippen LogP contribution is -2.43. The van der Waals surface area contributed by atoms with Crippen LogP contribution in [0.3, 0.4) is 0 Å². The molecule has 36 heavy (non-hydrogen) atoms. The van der Waals surface area contributed by atoms with Crippen molar-refractivity contribution in [1.29, 1.82) is 5.26 Å². The minimum absolute atomic E-state index is 0.00290. The molecule has 1 fully saturated rings. The zero-order chi connectivity index (χ0) is 25.5. The molecule has 1 aromatic heterocycles. The lowest BCUT2D eigenvalue weighted by atomic mass is 10.0. The van der Waals surface area contributed by atoms with E-state index in [1.54, 1.807) is 17.0 Å². The van der Waals surface area contributed by atoms with E-state index in [2.05, 4.69) is 22.3 Å². The van der Waals surface area contributed by atoms with Crippen molar-refractivity contribution < 1.29 is 18.8 Å². The van der Waals surface area contributed by atoms with Crippen molar-refractivity contribution in [2.45, 2.75) is 39.2 Å². The third-order valence-electron chi connectivity index (χ3n) is 6.06. The predicted octanol–water partition coefficient (Wildman–Crippen LogP) is 3.36. The fourth-order valence-corrected chi connectivity index (χ4v) is 4.33. The first-order valence-electron chi connectivity index (χ1n) is 12.2. The second kappa shape index (κ2) is 11.8. The minimum Gasteiger partial charge on any atom is -0.490 e. The van der Waals surface area contributed by atoms with E-state index in [9.17, 15) is 10.1 Å². The Labute approximate surface area is 210 Å². The van der Waals surface area contributed by atoms with E-state index >= 15 is 0 Å². The van der Waals surface area contributed by atoms with Gasteiger partial charge in [0.1, 0.15) is 11.8 Å². The molecule has 0 spiro atoms. The highest BCUT2D eigenvalue weighted by atomic mass is 16.5. The average Bonchev–Trinajstić information content (AvgIpc) is 3.59. The molecule has 9 heteroatoms. The maximum atomic E-state index is 10.9. The van der Waals surface area contributed by atoms with Crippen molar-refractivity contribution in [2.75, 3.05) is 32.8 Å². The van der Waals surface area contributed by atoms with Gasteiger partial charge in [0, 0.05) is 24.2 Å². The highest BCUT2D eigenvalue weighted by Gasteiger charge is 2.20. The van der Waals surface area contributed by atoms with Gasteiger partial charge in [0.2, 0.25) is 11.7 Å². The number of hydrogen-bond acceptors (Lipinski definition) is 8. The number of carbonyl (C=O) groups is 1. The second-order valence-corrected chi connectivity index (χ2v) is 8.91. The molecule has 2 N–H and O–H groups in total. The maximum Gasteiger partial charge on any atom is 0.258 e. The molecule has 2 heterocycles. The Balaban J connectivity index is 0.000000256. The van der Waals surface area contributed by atoms with E-state index in [1.807, 2.05) is 32.0 Å². The van der Waals surface area contributed by atoms with Crippen LogP contribution in [0.4, 0.5) is 0 Å². The van der Waals surface area contributed by atoms with E-state index < -0.39 is 0 Å². The molecule has 188 valence electrons. The smallest absolute Gasteiger partial charge is 0.258 e. The Morgan fingerprint density at radius 1 is 1.22 bits per heavy atom. The highest BCUT2D eigenvalue weighted by Crippen LogP contribution is 2.32. The molecule has 1 saturated heterocycles. The van der Waals surface area contributed by atoms with Gasteiger partial charge in [-0.05, 0) is 62.4 Å². The molecule has 0 bridgehead atoms. The van der Waals surface area contributed by atoms with Crippen LogP contribution in [0.15, 0.2) is 40.9 Å². The zero-order valence-corrected chi connectivity index (χ0v) is 20.7. The molecule has 5 rings (SSSR count). The first-order chi connectivity index (χ1) is 17.5. The number of carbonyl (C=O) groups excluding carboxylic acids is 1. The number of aromatic nitrogens is 2. The van der Waals surface area contributed by atoms with Gasteiger partial charge in [-0.3, -0.25) is 4.79 Å². The topological polar surface area (TPSA) is 128 Å². The number of fused-ring (bicyclic) bond motifs is 1. The van der Waals surface area contributed by atoms with Crippen LogP contribution >= 0.6 is 0 Å². The van der Waals surface area contributed by atoms with Gasteiger partial charge >= 0.3 is 0 Å².